The number of carboxylic acids is 1. The van der Waals surface area contributed by atoms with E-state index in [2.05, 4.69) is 5.32 Å². The Morgan fingerprint density at radius 1 is 1.50 bits per heavy atom. The minimum atomic E-state index is -1.35. The van der Waals surface area contributed by atoms with Crippen LogP contribution in [-0.4, -0.2) is 23.0 Å². The second-order valence-corrected chi connectivity index (χ2v) is 3.88. The van der Waals surface area contributed by atoms with Crippen molar-refractivity contribution in [3.63, 3.8) is 0 Å². The molecule has 18 heavy (non-hydrogen) atoms. The molecule has 0 aliphatic carbocycles. The van der Waals surface area contributed by atoms with Crippen molar-refractivity contribution in [2.24, 2.45) is 5.73 Å². The fourth-order valence-corrected chi connectivity index (χ4v) is 1.44. The monoisotopic (exact) mass is 254 g/mol. The zero-order chi connectivity index (χ0) is 13.7. The third-order valence-corrected chi connectivity index (χ3v) is 2.40. The molecule has 0 aromatic heterocycles. The molecular formula is C12H15FN2O3. The van der Waals surface area contributed by atoms with Crippen LogP contribution in [0.15, 0.2) is 18.2 Å². The minimum Gasteiger partial charge on any atom is -0.478 e. The van der Waals surface area contributed by atoms with Gasteiger partial charge in [-0.2, -0.15) is 0 Å². The zero-order valence-electron chi connectivity index (χ0n) is 9.94. The van der Waals surface area contributed by atoms with Gasteiger partial charge in [-0.05, 0) is 24.6 Å². The molecule has 1 aromatic rings. The van der Waals surface area contributed by atoms with Crippen LogP contribution in [0.3, 0.4) is 0 Å². The summed E-state index contributed by atoms with van der Waals surface area (Å²) < 4.78 is 13.3. The van der Waals surface area contributed by atoms with Crippen molar-refractivity contribution in [1.82, 2.24) is 0 Å². The van der Waals surface area contributed by atoms with Gasteiger partial charge in [0.1, 0.15) is 5.82 Å². The summed E-state index contributed by atoms with van der Waals surface area (Å²) in [6.07, 6.45) is 1.29. The molecule has 0 saturated carbocycles. The van der Waals surface area contributed by atoms with E-state index in [9.17, 15) is 14.0 Å². The van der Waals surface area contributed by atoms with Crippen LogP contribution in [-0.2, 0) is 4.79 Å². The fraction of sp³-hybridized carbons (Fsp3) is 0.333. The number of halogens is 1. The second-order valence-electron chi connectivity index (χ2n) is 3.88. The van der Waals surface area contributed by atoms with Crippen LogP contribution < -0.4 is 11.1 Å². The van der Waals surface area contributed by atoms with E-state index >= 15 is 0 Å². The number of nitrogens with two attached hydrogens (primary N) is 1. The number of rotatable bonds is 5. The molecule has 4 N–H and O–H groups in total. The third-order valence-electron chi connectivity index (χ3n) is 2.40. The highest BCUT2D eigenvalue weighted by Gasteiger charge is 2.14. The maximum atomic E-state index is 13.3. The van der Waals surface area contributed by atoms with Crippen molar-refractivity contribution in [1.29, 1.82) is 0 Å². The minimum absolute atomic E-state index is 0.189. The molecule has 0 aliphatic heterocycles. The number of nitrogens with one attached hydrogen (secondary N) is 1. The summed E-state index contributed by atoms with van der Waals surface area (Å²) in [4.78, 5) is 22.2. The molecule has 0 fully saturated rings. The summed E-state index contributed by atoms with van der Waals surface area (Å²) in [6.45, 7) is 1.90. The average molecular weight is 254 g/mol. The second kappa shape index (κ2) is 6.11. The molecule has 0 radical (unpaired) electrons. The molecule has 0 unspecified atom stereocenters. The van der Waals surface area contributed by atoms with E-state index in [1.807, 2.05) is 6.92 Å². The van der Waals surface area contributed by atoms with E-state index in [1.165, 1.54) is 6.07 Å². The molecule has 0 spiro atoms. The molecule has 1 aromatic carbocycles. The molecule has 98 valence electrons. The average Bonchev–Trinajstić information content (AvgIpc) is 2.28. The molecule has 0 bridgehead atoms. The van der Waals surface area contributed by atoms with Gasteiger partial charge in [0.2, 0.25) is 5.91 Å². The quantitative estimate of drug-likeness (QED) is 0.744. The SMILES string of the molecule is CCC[C@H](N)C(=O)Nc1ccc(C(=O)O)c(F)c1. The number of hydrogen-bond acceptors (Lipinski definition) is 3. The van der Waals surface area contributed by atoms with Gasteiger partial charge in [0.25, 0.3) is 0 Å². The maximum Gasteiger partial charge on any atom is 0.338 e. The number of aromatic carboxylic acids is 1. The van der Waals surface area contributed by atoms with Crippen molar-refractivity contribution in [3.05, 3.63) is 29.6 Å². The topological polar surface area (TPSA) is 92.4 Å². The summed E-state index contributed by atoms with van der Waals surface area (Å²) in [6, 6.07) is 2.72. The van der Waals surface area contributed by atoms with Crippen LogP contribution in [0.5, 0.6) is 0 Å². The van der Waals surface area contributed by atoms with Gasteiger partial charge in [0.05, 0.1) is 11.6 Å². The molecule has 0 heterocycles. The predicted molar refractivity (Wildman–Crippen MR) is 64.9 cm³/mol. The first-order chi connectivity index (χ1) is 8.45. The Morgan fingerprint density at radius 2 is 2.17 bits per heavy atom. The Balaban J connectivity index is 2.77. The summed E-state index contributed by atoms with van der Waals surface area (Å²) in [5.74, 6) is -2.67. The van der Waals surface area contributed by atoms with Crippen molar-refractivity contribution in [3.8, 4) is 0 Å². The Bertz CT molecular complexity index is 463. The lowest BCUT2D eigenvalue weighted by Crippen LogP contribution is -2.35. The lowest BCUT2D eigenvalue weighted by Gasteiger charge is -2.11. The van der Waals surface area contributed by atoms with Crippen LogP contribution >= 0.6 is 0 Å². The van der Waals surface area contributed by atoms with Gasteiger partial charge >= 0.3 is 5.97 Å². The van der Waals surface area contributed by atoms with Crippen molar-refractivity contribution in [2.75, 3.05) is 5.32 Å². The normalized spacial score (nSPS) is 11.9. The van der Waals surface area contributed by atoms with Crippen LogP contribution in [0.4, 0.5) is 10.1 Å². The number of amides is 1. The van der Waals surface area contributed by atoms with Crippen molar-refractivity contribution >= 4 is 17.6 Å². The van der Waals surface area contributed by atoms with Gasteiger partial charge in [0.15, 0.2) is 0 Å². The molecule has 1 atom stereocenters. The Kier molecular flexibility index (Phi) is 4.79. The van der Waals surface area contributed by atoms with Gasteiger partial charge in [0, 0.05) is 5.69 Å². The number of anilines is 1. The number of hydrogen-bond donors (Lipinski definition) is 3. The van der Waals surface area contributed by atoms with Gasteiger partial charge in [-0.15, -0.1) is 0 Å². The van der Waals surface area contributed by atoms with E-state index < -0.39 is 29.3 Å². The van der Waals surface area contributed by atoms with E-state index in [-0.39, 0.29) is 5.69 Å². The molecular weight excluding hydrogens is 239 g/mol. The first-order valence-electron chi connectivity index (χ1n) is 5.55. The van der Waals surface area contributed by atoms with Crippen molar-refractivity contribution < 1.29 is 19.1 Å². The van der Waals surface area contributed by atoms with E-state index in [4.69, 9.17) is 10.8 Å². The smallest absolute Gasteiger partial charge is 0.338 e. The summed E-state index contributed by atoms with van der Waals surface area (Å²) in [5.41, 5.74) is 5.34. The predicted octanol–water partition coefficient (Wildman–Crippen LogP) is 1.59. The Labute approximate surface area is 104 Å². The lowest BCUT2D eigenvalue weighted by atomic mass is 10.1. The van der Waals surface area contributed by atoms with Gasteiger partial charge in [-0.1, -0.05) is 13.3 Å². The number of carbonyl (C=O) groups is 2. The fourth-order valence-electron chi connectivity index (χ4n) is 1.44. The molecule has 5 nitrogen and oxygen atoms in total. The molecule has 6 heteroatoms. The van der Waals surface area contributed by atoms with Crippen LogP contribution in [0.25, 0.3) is 0 Å². The highest BCUT2D eigenvalue weighted by atomic mass is 19.1. The maximum absolute atomic E-state index is 13.3. The van der Waals surface area contributed by atoms with Gasteiger partial charge in [-0.3, -0.25) is 4.79 Å². The molecule has 1 rings (SSSR count). The van der Waals surface area contributed by atoms with Crippen LogP contribution in [0, 0.1) is 5.82 Å². The Morgan fingerprint density at radius 3 is 2.67 bits per heavy atom. The zero-order valence-corrected chi connectivity index (χ0v) is 9.94. The molecule has 1 amide bonds. The van der Waals surface area contributed by atoms with E-state index in [0.717, 1.165) is 18.6 Å². The van der Waals surface area contributed by atoms with Crippen molar-refractivity contribution in [2.45, 2.75) is 25.8 Å². The van der Waals surface area contributed by atoms with E-state index in [0.29, 0.717) is 6.42 Å². The van der Waals surface area contributed by atoms with Crippen LogP contribution in [0.1, 0.15) is 30.1 Å². The Hall–Kier alpha value is -1.95. The molecule has 0 saturated heterocycles. The largest absolute Gasteiger partial charge is 0.478 e. The highest BCUT2D eigenvalue weighted by Crippen LogP contribution is 2.15. The third kappa shape index (κ3) is 3.53. The summed E-state index contributed by atoms with van der Waals surface area (Å²) in [7, 11) is 0. The first-order valence-corrected chi connectivity index (χ1v) is 5.55. The number of carboxylic acid groups (broad SMARTS) is 1. The summed E-state index contributed by atoms with van der Waals surface area (Å²) >= 11 is 0. The summed E-state index contributed by atoms with van der Waals surface area (Å²) in [5, 5.41) is 11.1. The highest BCUT2D eigenvalue weighted by molar-refractivity contribution is 5.95. The lowest BCUT2D eigenvalue weighted by molar-refractivity contribution is -0.117. The van der Waals surface area contributed by atoms with Crippen LogP contribution in [0.2, 0.25) is 0 Å². The first kappa shape index (κ1) is 14.1. The number of benzene rings is 1. The number of carbonyl (C=O) groups excluding carboxylic acids is 1. The van der Waals surface area contributed by atoms with E-state index in [1.54, 1.807) is 0 Å². The van der Waals surface area contributed by atoms with Gasteiger partial charge in [-0.25, -0.2) is 9.18 Å². The standard InChI is InChI=1S/C12H15FN2O3/c1-2-3-10(14)11(16)15-7-4-5-8(12(17)18)9(13)6-7/h4-6,10H,2-3,14H2,1H3,(H,15,16)(H,17,18)/t10-/m0/s1. The molecule has 0 aliphatic rings. The van der Waals surface area contributed by atoms with Gasteiger partial charge < -0.3 is 16.2 Å².